The molecule has 1 aromatic rings. The zero-order valence-electron chi connectivity index (χ0n) is 10.5. The number of methoxy groups -OCH3 is 1. The third-order valence-electron chi connectivity index (χ3n) is 2.46. The van der Waals surface area contributed by atoms with Gasteiger partial charge in [0.15, 0.2) is 0 Å². The van der Waals surface area contributed by atoms with E-state index in [4.69, 9.17) is 14.6 Å². The molecule has 0 spiro atoms. The molecule has 104 valence electrons. The Bertz CT molecular complexity index is 448. The van der Waals surface area contributed by atoms with Crippen molar-refractivity contribution in [1.82, 2.24) is 0 Å². The molecule has 0 bridgehead atoms. The SMILES string of the molecule is C1CCOC1.COc1ccc(C(=O)O)c([N+](=O)[O-])c1. The molecular weight excluding hydrogens is 254 g/mol. The summed E-state index contributed by atoms with van der Waals surface area (Å²) in [5.41, 5.74) is -0.826. The minimum absolute atomic E-state index is 0.252. The van der Waals surface area contributed by atoms with Gasteiger partial charge in [-0.3, -0.25) is 10.1 Å². The number of benzene rings is 1. The molecule has 0 unspecified atom stereocenters. The highest BCUT2D eigenvalue weighted by Gasteiger charge is 2.20. The van der Waals surface area contributed by atoms with Gasteiger partial charge in [-0.15, -0.1) is 0 Å². The standard InChI is InChI=1S/C8H7NO5.C4H8O/c1-14-5-2-3-6(8(10)11)7(4-5)9(12)13;1-2-4-5-3-1/h2-4H,1H3,(H,10,11);1-4H2. The molecule has 2 rings (SSSR count). The number of ether oxygens (including phenoxy) is 2. The lowest BCUT2D eigenvalue weighted by molar-refractivity contribution is -0.385. The first-order chi connectivity index (χ1) is 9.06. The highest BCUT2D eigenvalue weighted by Crippen LogP contribution is 2.24. The minimum Gasteiger partial charge on any atom is -0.497 e. The summed E-state index contributed by atoms with van der Waals surface area (Å²) >= 11 is 0. The summed E-state index contributed by atoms with van der Waals surface area (Å²) in [6.45, 7) is 2.00. The number of carbonyl (C=O) groups is 1. The van der Waals surface area contributed by atoms with Crippen LogP contribution in [0.1, 0.15) is 23.2 Å². The fourth-order valence-corrected chi connectivity index (χ4v) is 1.48. The summed E-state index contributed by atoms with van der Waals surface area (Å²) in [7, 11) is 1.35. The number of rotatable bonds is 3. The van der Waals surface area contributed by atoms with Gasteiger partial charge in [-0.05, 0) is 25.0 Å². The Balaban J connectivity index is 0.000000300. The van der Waals surface area contributed by atoms with Gasteiger partial charge in [-0.1, -0.05) is 0 Å². The maximum atomic E-state index is 10.6. The molecule has 1 aliphatic rings. The van der Waals surface area contributed by atoms with Crippen LogP contribution in [0, 0.1) is 10.1 Å². The van der Waals surface area contributed by atoms with E-state index in [0.29, 0.717) is 0 Å². The van der Waals surface area contributed by atoms with Crippen LogP contribution in [0.3, 0.4) is 0 Å². The van der Waals surface area contributed by atoms with Gasteiger partial charge < -0.3 is 14.6 Å². The third kappa shape index (κ3) is 4.55. The zero-order chi connectivity index (χ0) is 14.3. The monoisotopic (exact) mass is 269 g/mol. The second-order valence-corrected chi connectivity index (χ2v) is 3.76. The Morgan fingerprint density at radius 2 is 2.05 bits per heavy atom. The van der Waals surface area contributed by atoms with Crippen molar-refractivity contribution in [3.05, 3.63) is 33.9 Å². The summed E-state index contributed by atoms with van der Waals surface area (Å²) in [6, 6.07) is 3.57. The number of nitrogens with zero attached hydrogens (tertiary/aromatic N) is 1. The first-order valence-corrected chi connectivity index (χ1v) is 5.69. The Hall–Kier alpha value is -2.15. The first-order valence-electron chi connectivity index (χ1n) is 5.69. The maximum absolute atomic E-state index is 10.6. The van der Waals surface area contributed by atoms with E-state index in [0.717, 1.165) is 25.3 Å². The molecule has 7 nitrogen and oxygen atoms in total. The fraction of sp³-hybridized carbons (Fsp3) is 0.417. The summed E-state index contributed by atoms with van der Waals surface area (Å²) in [5, 5.41) is 19.1. The van der Waals surface area contributed by atoms with Crippen LogP contribution in [0.15, 0.2) is 18.2 Å². The Morgan fingerprint density at radius 3 is 2.42 bits per heavy atom. The van der Waals surface area contributed by atoms with Crippen molar-refractivity contribution in [1.29, 1.82) is 0 Å². The first kappa shape index (κ1) is 14.9. The van der Waals surface area contributed by atoms with Crippen LogP contribution in [-0.2, 0) is 4.74 Å². The van der Waals surface area contributed by atoms with E-state index < -0.39 is 16.6 Å². The van der Waals surface area contributed by atoms with Gasteiger partial charge in [0.25, 0.3) is 5.69 Å². The molecule has 0 saturated carbocycles. The molecule has 1 saturated heterocycles. The number of hydrogen-bond acceptors (Lipinski definition) is 5. The topological polar surface area (TPSA) is 98.9 Å². The molecule has 0 amide bonds. The number of carboxylic acid groups (broad SMARTS) is 1. The lowest BCUT2D eigenvalue weighted by atomic mass is 10.2. The van der Waals surface area contributed by atoms with Crippen molar-refractivity contribution in [2.45, 2.75) is 12.8 Å². The van der Waals surface area contributed by atoms with Gasteiger partial charge >= 0.3 is 5.97 Å². The quantitative estimate of drug-likeness (QED) is 0.666. The van der Waals surface area contributed by atoms with Crippen molar-refractivity contribution in [3.8, 4) is 5.75 Å². The molecule has 0 aliphatic carbocycles. The summed E-state index contributed by atoms with van der Waals surface area (Å²) in [5.74, 6) is -1.08. The molecule has 0 atom stereocenters. The van der Waals surface area contributed by atoms with Gasteiger partial charge in [0.2, 0.25) is 0 Å². The average molecular weight is 269 g/mol. The molecule has 7 heteroatoms. The zero-order valence-corrected chi connectivity index (χ0v) is 10.5. The number of nitro groups is 1. The minimum atomic E-state index is -1.33. The van der Waals surface area contributed by atoms with Crippen molar-refractivity contribution < 1.29 is 24.3 Å². The molecular formula is C12H15NO6. The highest BCUT2D eigenvalue weighted by molar-refractivity contribution is 5.92. The molecule has 19 heavy (non-hydrogen) atoms. The predicted octanol–water partition coefficient (Wildman–Crippen LogP) is 2.10. The van der Waals surface area contributed by atoms with E-state index in [1.165, 1.54) is 26.0 Å². The van der Waals surface area contributed by atoms with Crippen LogP contribution >= 0.6 is 0 Å². The van der Waals surface area contributed by atoms with Gasteiger partial charge in [0.1, 0.15) is 11.3 Å². The Morgan fingerprint density at radius 1 is 1.42 bits per heavy atom. The van der Waals surface area contributed by atoms with Crippen LogP contribution < -0.4 is 4.74 Å². The number of carboxylic acids is 1. The second kappa shape index (κ2) is 7.32. The van der Waals surface area contributed by atoms with E-state index in [9.17, 15) is 14.9 Å². The summed E-state index contributed by atoms with van der Waals surface area (Å²) in [6.07, 6.45) is 2.56. The van der Waals surface area contributed by atoms with E-state index in [1.54, 1.807) is 0 Å². The van der Waals surface area contributed by atoms with E-state index >= 15 is 0 Å². The van der Waals surface area contributed by atoms with Crippen molar-refractivity contribution >= 4 is 11.7 Å². The third-order valence-corrected chi connectivity index (χ3v) is 2.46. The fourth-order valence-electron chi connectivity index (χ4n) is 1.48. The largest absolute Gasteiger partial charge is 0.497 e. The van der Waals surface area contributed by atoms with Crippen molar-refractivity contribution in [2.75, 3.05) is 20.3 Å². The second-order valence-electron chi connectivity index (χ2n) is 3.76. The Labute approximate surface area is 109 Å². The van der Waals surface area contributed by atoms with E-state index in [2.05, 4.69) is 0 Å². The molecule has 0 aromatic heterocycles. The smallest absolute Gasteiger partial charge is 0.342 e. The lowest BCUT2D eigenvalue weighted by Gasteiger charge is -2.01. The average Bonchev–Trinajstić information content (AvgIpc) is 2.96. The van der Waals surface area contributed by atoms with Crippen molar-refractivity contribution in [3.63, 3.8) is 0 Å². The molecule has 0 radical (unpaired) electrons. The maximum Gasteiger partial charge on any atom is 0.342 e. The van der Waals surface area contributed by atoms with Crippen LogP contribution in [0.4, 0.5) is 5.69 Å². The summed E-state index contributed by atoms with van der Waals surface area (Å²) in [4.78, 5) is 20.3. The van der Waals surface area contributed by atoms with Crippen LogP contribution in [0.25, 0.3) is 0 Å². The van der Waals surface area contributed by atoms with Gasteiger partial charge in [0, 0.05) is 13.2 Å². The molecule has 1 heterocycles. The van der Waals surface area contributed by atoms with Crippen molar-refractivity contribution in [2.24, 2.45) is 0 Å². The van der Waals surface area contributed by atoms with Gasteiger partial charge in [0.05, 0.1) is 18.1 Å². The van der Waals surface area contributed by atoms with Crippen LogP contribution in [0.5, 0.6) is 5.75 Å². The number of hydrogen-bond donors (Lipinski definition) is 1. The van der Waals surface area contributed by atoms with Crippen LogP contribution in [-0.4, -0.2) is 36.3 Å². The van der Waals surface area contributed by atoms with E-state index in [1.807, 2.05) is 0 Å². The lowest BCUT2D eigenvalue weighted by Crippen LogP contribution is -2.02. The predicted molar refractivity (Wildman–Crippen MR) is 66.7 cm³/mol. The van der Waals surface area contributed by atoms with Gasteiger partial charge in [-0.25, -0.2) is 4.79 Å². The van der Waals surface area contributed by atoms with E-state index in [-0.39, 0.29) is 11.3 Å². The molecule has 1 aromatic carbocycles. The molecule has 1 fully saturated rings. The number of nitro benzene ring substituents is 1. The molecule has 1 aliphatic heterocycles. The Kier molecular flexibility index (Phi) is 5.74. The highest BCUT2D eigenvalue weighted by atomic mass is 16.6. The van der Waals surface area contributed by atoms with Crippen LogP contribution in [0.2, 0.25) is 0 Å². The van der Waals surface area contributed by atoms with Gasteiger partial charge in [-0.2, -0.15) is 0 Å². The molecule has 1 N–H and O–H groups in total. The normalized spacial score (nSPS) is 13.3. The summed E-state index contributed by atoms with van der Waals surface area (Å²) < 4.78 is 9.69. The number of aromatic carboxylic acids is 1.